The van der Waals surface area contributed by atoms with Crippen LogP contribution in [0.4, 0.5) is 0 Å². The smallest absolute Gasteiger partial charge is 0.165 e. The van der Waals surface area contributed by atoms with Crippen LogP contribution in [0, 0.1) is 13.8 Å². The summed E-state index contributed by atoms with van der Waals surface area (Å²) in [4.78, 5) is 10.6. The number of fused-ring (bicyclic) bond motifs is 1. The van der Waals surface area contributed by atoms with E-state index in [9.17, 15) is 5.11 Å². The molecule has 8 heteroatoms. The number of aliphatic hydroxyl groups is 1. The molecule has 7 nitrogen and oxygen atoms in total. The number of aryl methyl sites for hydroxylation is 2. The highest BCUT2D eigenvalue weighted by atomic mass is 32.1. The lowest BCUT2D eigenvalue weighted by molar-refractivity contribution is -0.202. The topological polar surface area (TPSA) is 90.5 Å². The summed E-state index contributed by atoms with van der Waals surface area (Å²) < 4.78 is 16.3. The molecule has 31 heavy (non-hydrogen) atoms. The Hall–Kier alpha value is -2.65. The second-order valence-electron chi connectivity index (χ2n) is 8.02. The molecular formula is C23H23N3O4S. The summed E-state index contributed by atoms with van der Waals surface area (Å²) in [5.74, 6) is 0. The van der Waals surface area contributed by atoms with Crippen molar-refractivity contribution in [1.82, 2.24) is 15.1 Å². The fraction of sp³-hybridized carbons (Fsp3) is 0.348. The lowest BCUT2D eigenvalue weighted by atomic mass is 9.97. The molecule has 1 N–H and O–H groups in total. The largest absolute Gasteiger partial charge is 0.389 e. The number of ether oxygens (including phenoxy) is 2. The molecule has 1 saturated heterocycles. The number of nitrogens with zero attached hydrogens (tertiary/aromatic N) is 3. The van der Waals surface area contributed by atoms with Gasteiger partial charge in [-0.25, -0.2) is 9.97 Å². The van der Waals surface area contributed by atoms with Crippen LogP contribution in [-0.4, -0.2) is 40.6 Å². The standard InChI is InChI=1S/C23H23N3O4S/c1-12-5-15(14(3)27)16-7-17(20-8-24-22(31-20)23(28-4)10-29-11-23)21(25-19(16)6-12)18-9-30-26-13(18)2/h5-9,14,27H,10-11H2,1-4H3. The van der Waals surface area contributed by atoms with E-state index in [4.69, 9.17) is 19.0 Å². The van der Waals surface area contributed by atoms with Crippen LogP contribution in [0.1, 0.15) is 34.9 Å². The molecule has 1 aromatic carbocycles. The van der Waals surface area contributed by atoms with Gasteiger partial charge < -0.3 is 19.1 Å². The molecule has 1 aliphatic rings. The van der Waals surface area contributed by atoms with Crippen molar-refractivity contribution in [3.05, 3.63) is 52.5 Å². The Morgan fingerprint density at radius 1 is 1.19 bits per heavy atom. The van der Waals surface area contributed by atoms with Crippen molar-refractivity contribution in [2.75, 3.05) is 20.3 Å². The van der Waals surface area contributed by atoms with E-state index in [0.717, 1.165) is 54.4 Å². The summed E-state index contributed by atoms with van der Waals surface area (Å²) in [6, 6.07) is 6.12. The number of rotatable bonds is 5. The van der Waals surface area contributed by atoms with Crippen molar-refractivity contribution < 1.29 is 19.1 Å². The molecule has 0 bridgehead atoms. The van der Waals surface area contributed by atoms with Crippen LogP contribution < -0.4 is 0 Å². The summed E-state index contributed by atoms with van der Waals surface area (Å²) in [6.07, 6.45) is 2.86. The molecule has 0 saturated carbocycles. The lowest BCUT2D eigenvalue weighted by Crippen LogP contribution is -2.48. The van der Waals surface area contributed by atoms with E-state index >= 15 is 0 Å². The average molecular weight is 438 g/mol. The molecular weight excluding hydrogens is 414 g/mol. The van der Waals surface area contributed by atoms with E-state index in [1.807, 2.05) is 32.2 Å². The molecule has 160 valence electrons. The van der Waals surface area contributed by atoms with Gasteiger partial charge in [0.25, 0.3) is 0 Å². The van der Waals surface area contributed by atoms with Crippen LogP contribution in [0.2, 0.25) is 0 Å². The Kier molecular flexibility index (Phi) is 4.90. The van der Waals surface area contributed by atoms with Gasteiger partial charge in [0.2, 0.25) is 0 Å². The van der Waals surface area contributed by atoms with Gasteiger partial charge in [-0.15, -0.1) is 11.3 Å². The van der Waals surface area contributed by atoms with Gasteiger partial charge in [0.15, 0.2) is 5.60 Å². The molecule has 1 atom stereocenters. The van der Waals surface area contributed by atoms with E-state index in [2.05, 4.69) is 16.2 Å². The number of benzene rings is 1. The number of aromatic nitrogens is 3. The van der Waals surface area contributed by atoms with Crippen molar-refractivity contribution >= 4 is 22.2 Å². The first-order valence-electron chi connectivity index (χ1n) is 10.1. The zero-order valence-electron chi connectivity index (χ0n) is 17.8. The molecule has 1 aliphatic heterocycles. The Bertz CT molecular complexity index is 1270. The van der Waals surface area contributed by atoms with Gasteiger partial charge in [-0.2, -0.15) is 0 Å². The molecule has 1 fully saturated rings. The fourth-order valence-electron chi connectivity index (χ4n) is 3.93. The average Bonchev–Trinajstić information content (AvgIpc) is 3.35. The molecule has 0 radical (unpaired) electrons. The fourth-order valence-corrected chi connectivity index (χ4v) is 5.00. The minimum absolute atomic E-state index is 0.484. The van der Waals surface area contributed by atoms with E-state index < -0.39 is 11.7 Å². The molecule has 3 aromatic heterocycles. The maximum atomic E-state index is 10.4. The summed E-state index contributed by atoms with van der Waals surface area (Å²) in [5.41, 5.74) is 5.52. The van der Waals surface area contributed by atoms with Crippen LogP contribution in [-0.2, 0) is 15.1 Å². The lowest BCUT2D eigenvalue weighted by Gasteiger charge is -2.38. The van der Waals surface area contributed by atoms with Crippen LogP contribution in [0.3, 0.4) is 0 Å². The third-order valence-electron chi connectivity index (χ3n) is 5.79. The number of aliphatic hydroxyl groups excluding tert-OH is 1. The SMILES string of the molecule is COC1(c2ncc(-c3cc4c(C(C)O)cc(C)cc4nc3-c3conc3C)s2)COC1. The molecule has 0 amide bonds. The Balaban J connectivity index is 1.76. The molecule has 0 aliphatic carbocycles. The minimum atomic E-state index is -0.610. The van der Waals surface area contributed by atoms with E-state index in [1.165, 1.54) is 0 Å². The first kappa shape index (κ1) is 20.3. The third-order valence-corrected chi connectivity index (χ3v) is 7.00. The minimum Gasteiger partial charge on any atom is -0.389 e. The Labute approximate surface area is 183 Å². The van der Waals surface area contributed by atoms with Gasteiger partial charge in [0.05, 0.1) is 46.7 Å². The summed E-state index contributed by atoms with van der Waals surface area (Å²) in [7, 11) is 1.68. The van der Waals surface area contributed by atoms with E-state index in [1.54, 1.807) is 31.6 Å². The van der Waals surface area contributed by atoms with Gasteiger partial charge in [-0.3, -0.25) is 0 Å². The van der Waals surface area contributed by atoms with E-state index in [-0.39, 0.29) is 0 Å². The molecule has 0 spiro atoms. The summed E-state index contributed by atoms with van der Waals surface area (Å²) >= 11 is 1.57. The second-order valence-corrected chi connectivity index (χ2v) is 9.05. The van der Waals surface area contributed by atoms with Gasteiger partial charge in [-0.05, 0) is 44.0 Å². The number of hydrogen-bond acceptors (Lipinski definition) is 8. The van der Waals surface area contributed by atoms with Crippen molar-refractivity contribution in [3.63, 3.8) is 0 Å². The van der Waals surface area contributed by atoms with Crippen molar-refractivity contribution in [2.45, 2.75) is 32.5 Å². The molecule has 1 unspecified atom stereocenters. The van der Waals surface area contributed by atoms with Crippen molar-refractivity contribution in [2.24, 2.45) is 0 Å². The highest BCUT2D eigenvalue weighted by Crippen LogP contribution is 2.42. The summed E-state index contributed by atoms with van der Waals surface area (Å²) in [6.45, 7) is 6.67. The van der Waals surface area contributed by atoms with Crippen molar-refractivity contribution in [1.29, 1.82) is 0 Å². The Morgan fingerprint density at radius 2 is 2.00 bits per heavy atom. The van der Waals surface area contributed by atoms with Crippen molar-refractivity contribution in [3.8, 4) is 21.7 Å². The maximum Gasteiger partial charge on any atom is 0.165 e. The third kappa shape index (κ3) is 3.27. The number of hydrogen-bond donors (Lipinski definition) is 1. The monoisotopic (exact) mass is 437 g/mol. The van der Waals surface area contributed by atoms with Gasteiger partial charge in [0.1, 0.15) is 11.3 Å². The van der Waals surface area contributed by atoms with Gasteiger partial charge in [-0.1, -0.05) is 11.2 Å². The van der Waals surface area contributed by atoms with Crippen LogP contribution >= 0.6 is 11.3 Å². The van der Waals surface area contributed by atoms with Gasteiger partial charge >= 0.3 is 0 Å². The first-order valence-corrected chi connectivity index (χ1v) is 10.9. The van der Waals surface area contributed by atoms with Crippen LogP contribution in [0.15, 0.2) is 35.2 Å². The zero-order chi connectivity index (χ0) is 21.8. The number of methoxy groups -OCH3 is 1. The predicted octanol–water partition coefficient (Wildman–Crippen LogP) is 4.56. The second kappa shape index (κ2) is 7.49. The van der Waals surface area contributed by atoms with Crippen LogP contribution in [0.25, 0.3) is 32.6 Å². The maximum absolute atomic E-state index is 10.4. The highest BCUT2D eigenvalue weighted by molar-refractivity contribution is 7.15. The predicted molar refractivity (Wildman–Crippen MR) is 118 cm³/mol. The highest BCUT2D eigenvalue weighted by Gasteiger charge is 2.43. The quantitative estimate of drug-likeness (QED) is 0.490. The summed E-state index contributed by atoms with van der Waals surface area (Å²) in [5, 5.41) is 16.2. The Morgan fingerprint density at radius 3 is 2.61 bits per heavy atom. The van der Waals surface area contributed by atoms with Gasteiger partial charge in [0, 0.05) is 24.3 Å². The zero-order valence-corrected chi connectivity index (χ0v) is 18.6. The molecule has 4 heterocycles. The van der Waals surface area contributed by atoms with Crippen LogP contribution in [0.5, 0.6) is 0 Å². The normalized spacial score (nSPS) is 16.4. The molecule has 4 aromatic rings. The number of pyridine rings is 1. The number of thiazole rings is 1. The first-order chi connectivity index (χ1) is 14.9. The molecule has 5 rings (SSSR count). The van der Waals surface area contributed by atoms with E-state index in [0.29, 0.717) is 13.2 Å².